The number of rotatable bonds is 7. The summed E-state index contributed by atoms with van der Waals surface area (Å²) in [6, 6.07) is 7.27. The van der Waals surface area contributed by atoms with Crippen LogP contribution >= 0.6 is 0 Å². The van der Waals surface area contributed by atoms with Crippen LogP contribution in [-0.2, 0) is 14.3 Å². The third-order valence-corrected chi connectivity index (χ3v) is 4.06. The fraction of sp³-hybridized carbons (Fsp3) is 0.529. The van der Waals surface area contributed by atoms with Gasteiger partial charge in [-0.05, 0) is 19.1 Å². The molecule has 7 heteroatoms. The Kier molecular flexibility index (Phi) is 7.02. The number of ether oxygens (including phenoxy) is 2. The molecule has 1 saturated heterocycles. The summed E-state index contributed by atoms with van der Waals surface area (Å²) in [7, 11) is 1.57. The molecule has 0 radical (unpaired) electrons. The Morgan fingerprint density at radius 2 is 1.96 bits per heavy atom. The van der Waals surface area contributed by atoms with Crippen molar-refractivity contribution in [3.05, 3.63) is 24.3 Å². The number of amides is 2. The number of anilines is 1. The molecule has 0 aliphatic carbocycles. The minimum atomic E-state index is -0.133. The third-order valence-electron chi connectivity index (χ3n) is 4.06. The van der Waals surface area contributed by atoms with E-state index in [1.807, 2.05) is 19.1 Å². The average Bonchev–Trinajstić information content (AvgIpc) is 2.62. The summed E-state index contributed by atoms with van der Waals surface area (Å²) in [5, 5.41) is 2.85. The van der Waals surface area contributed by atoms with E-state index in [4.69, 9.17) is 9.47 Å². The Morgan fingerprint density at radius 1 is 1.25 bits per heavy atom. The molecule has 2 N–H and O–H groups in total. The van der Waals surface area contributed by atoms with Crippen molar-refractivity contribution < 1.29 is 24.0 Å². The summed E-state index contributed by atoms with van der Waals surface area (Å²) in [6.07, 6.45) is 0. The van der Waals surface area contributed by atoms with E-state index in [1.54, 1.807) is 24.1 Å². The molecule has 1 aromatic rings. The number of methoxy groups -OCH3 is 1. The molecule has 24 heavy (non-hydrogen) atoms. The number of para-hydroxylation sites is 2. The van der Waals surface area contributed by atoms with Gasteiger partial charge >= 0.3 is 0 Å². The summed E-state index contributed by atoms with van der Waals surface area (Å²) < 4.78 is 10.5. The van der Waals surface area contributed by atoms with E-state index in [1.165, 1.54) is 0 Å². The topological polar surface area (TPSA) is 72.3 Å². The van der Waals surface area contributed by atoms with Crippen molar-refractivity contribution in [3.63, 3.8) is 0 Å². The number of quaternary nitrogens is 1. The molecule has 0 saturated carbocycles. The minimum absolute atomic E-state index is 0.0697. The predicted octanol–water partition coefficient (Wildman–Crippen LogP) is -0.603. The van der Waals surface area contributed by atoms with Crippen molar-refractivity contribution in [2.45, 2.75) is 6.92 Å². The first-order chi connectivity index (χ1) is 11.6. The van der Waals surface area contributed by atoms with Crippen LogP contribution in [0.4, 0.5) is 5.69 Å². The summed E-state index contributed by atoms with van der Waals surface area (Å²) in [5.74, 6) is 0.555. The fourth-order valence-electron chi connectivity index (χ4n) is 2.62. The zero-order valence-electron chi connectivity index (χ0n) is 14.3. The van der Waals surface area contributed by atoms with Crippen molar-refractivity contribution in [1.29, 1.82) is 0 Å². The number of nitrogens with zero attached hydrogens (tertiary/aromatic N) is 1. The highest BCUT2D eigenvalue weighted by Crippen LogP contribution is 2.22. The molecule has 0 bridgehead atoms. The first-order valence-corrected chi connectivity index (χ1v) is 8.26. The number of carbonyl (C=O) groups excluding carboxylic acids is 2. The molecule has 1 unspecified atom stereocenters. The molecule has 1 aromatic carbocycles. The van der Waals surface area contributed by atoms with Crippen LogP contribution in [-0.4, -0.2) is 69.8 Å². The van der Waals surface area contributed by atoms with Gasteiger partial charge in [0.15, 0.2) is 13.1 Å². The SMILES string of the molecule is CC[NH+](CC(=O)Nc1ccccc1OC)CC(=O)N1CCOCC1. The van der Waals surface area contributed by atoms with Crippen LogP contribution in [0.15, 0.2) is 24.3 Å². The fourth-order valence-corrected chi connectivity index (χ4v) is 2.62. The number of hydrogen-bond donors (Lipinski definition) is 2. The Morgan fingerprint density at radius 3 is 2.62 bits per heavy atom. The van der Waals surface area contributed by atoms with Gasteiger partial charge in [-0.1, -0.05) is 12.1 Å². The Balaban J connectivity index is 1.87. The van der Waals surface area contributed by atoms with Crippen LogP contribution in [0.2, 0.25) is 0 Å². The number of hydrogen-bond acceptors (Lipinski definition) is 4. The minimum Gasteiger partial charge on any atom is -0.495 e. The van der Waals surface area contributed by atoms with Gasteiger partial charge in [0.05, 0.1) is 32.6 Å². The summed E-state index contributed by atoms with van der Waals surface area (Å²) in [5.41, 5.74) is 0.639. The highest BCUT2D eigenvalue weighted by molar-refractivity contribution is 5.93. The number of morpholine rings is 1. The van der Waals surface area contributed by atoms with Gasteiger partial charge in [0.25, 0.3) is 11.8 Å². The standard InChI is InChI=1S/C17H25N3O4/c1-3-19(13-17(22)20-8-10-24-11-9-20)12-16(21)18-14-6-4-5-7-15(14)23-2/h4-7H,3,8-13H2,1-2H3,(H,18,21)/p+1. The van der Waals surface area contributed by atoms with Gasteiger partial charge in [0, 0.05) is 13.1 Å². The molecule has 2 amide bonds. The molecule has 1 aliphatic rings. The quantitative estimate of drug-likeness (QED) is 0.697. The van der Waals surface area contributed by atoms with Crippen LogP contribution in [0, 0.1) is 0 Å². The first kappa shape index (κ1) is 18.2. The molecular weight excluding hydrogens is 310 g/mol. The van der Waals surface area contributed by atoms with Crippen LogP contribution in [0.1, 0.15) is 6.92 Å². The van der Waals surface area contributed by atoms with E-state index >= 15 is 0 Å². The molecule has 1 atom stereocenters. The van der Waals surface area contributed by atoms with E-state index < -0.39 is 0 Å². The molecule has 1 aliphatic heterocycles. The zero-order valence-corrected chi connectivity index (χ0v) is 14.3. The van der Waals surface area contributed by atoms with Crippen molar-refractivity contribution >= 4 is 17.5 Å². The molecule has 1 fully saturated rings. The van der Waals surface area contributed by atoms with Gasteiger partial charge in [-0.3, -0.25) is 9.59 Å². The number of benzene rings is 1. The van der Waals surface area contributed by atoms with E-state index in [2.05, 4.69) is 5.32 Å². The maximum absolute atomic E-state index is 12.3. The largest absolute Gasteiger partial charge is 0.495 e. The second kappa shape index (κ2) is 9.24. The lowest BCUT2D eigenvalue weighted by Gasteiger charge is -2.28. The molecule has 1 heterocycles. The zero-order chi connectivity index (χ0) is 17.4. The normalized spacial score (nSPS) is 15.7. The highest BCUT2D eigenvalue weighted by Gasteiger charge is 2.23. The van der Waals surface area contributed by atoms with E-state index in [0.29, 0.717) is 50.8 Å². The Labute approximate surface area is 142 Å². The third kappa shape index (κ3) is 5.21. The van der Waals surface area contributed by atoms with Gasteiger partial charge < -0.3 is 24.6 Å². The first-order valence-electron chi connectivity index (χ1n) is 8.26. The molecule has 0 spiro atoms. The second-order valence-electron chi connectivity index (χ2n) is 5.70. The van der Waals surface area contributed by atoms with Crippen molar-refractivity contribution in [1.82, 2.24) is 4.90 Å². The maximum atomic E-state index is 12.3. The number of likely N-dealkylation sites (N-methyl/N-ethyl adjacent to an activating group) is 1. The van der Waals surface area contributed by atoms with Crippen molar-refractivity contribution in [3.8, 4) is 5.75 Å². The van der Waals surface area contributed by atoms with E-state index in [-0.39, 0.29) is 18.4 Å². The summed E-state index contributed by atoms with van der Waals surface area (Å²) >= 11 is 0. The van der Waals surface area contributed by atoms with E-state index in [9.17, 15) is 9.59 Å². The summed E-state index contributed by atoms with van der Waals surface area (Å²) in [6.45, 7) is 5.66. The molecule has 7 nitrogen and oxygen atoms in total. The van der Waals surface area contributed by atoms with Crippen molar-refractivity contribution in [2.75, 3.05) is 58.4 Å². The van der Waals surface area contributed by atoms with Crippen LogP contribution in [0.3, 0.4) is 0 Å². The van der Waals surface area contributed by atoms with E-state index in [0.717, 1.165) is 4.90 Å². The molecule has 0 aromatic heterocycles. The van der Waals surface area contributed by atoms with Gasteiger partial charge in [0.2, 0.25) is 0 Å². The Hall–Kier alpha value is -2.12. The van der Waals surface area contributed by atoms with Gasteiger partial charge in [-0.25, -0.2) is 0 Å². The lowest BCUT2D eigenvalue weighted by atomic mass is 10.3. The maximum Gasteiger partial charge on any atom is 0.279 e. The molecule has 2 rings (SSSR count). The highest BCUT2D eigenvalue weighted by atomic mass is 16.5. The number of nitrogens with one attached hydrogen (secondary N) is 2. The molecule has 132 valence electrons. The summed E-state index contributed by atoms with van der Waals surface area (Å²) in [4.78, 5) is 27.3. The van der Waals surface area contributed by atoms with Gasteiger partial charge in [-0.15, -0.1) is 0 Å². The van der Waals surface area contributed by atoms with Gasteiger partial charge in [0.1, 0.15) is 5.75 Å². The average molecular weight is 336 g/mol. The van der Waals surface area contributed by atoms with Crippen molar-refractivity contribution in [2.24, 2.45) is 0 Å². The lowest BCUT2D eigenvalue weighted by Crippen LogP contribution is -3.14. The monoisotopic (exact) mass is 336 g/mol. The van der Waals surface area contributed by atoms with Gasteiger partial charge in [-0.2, -0.15) is 0 Å². The lowest BCUT2D eigenvalue weighted by molar-refractivity contribution is -0.882. The van der Waals surface area contributed by atoms with Crippen LogP contribution < -0.4 is 15.0 Å². The smallest absolute Gasteiger partial charge is 0.279 e. The Bertz CT molecular complexity index is 559. The van der Waals surface area contributed by atoms with Crippen LogP contribution in [0.5, 0.6) is 5.75 Å². The predicted molar refractivity (Wildman–Crippen MR) is 90.3 cm³/mol. The number of carbonyl (C=O) groups is 2. The molecular formula is C17H26N3O4+. The van der Waals surface area contributed by atoms with Crippen LogP contribution in [0.25, 0.3) is 0 Å². The second-order valence-corrected chi connectivity index (χ2v) is 5.70.